The van der Waals surface area contributed by atoms with E-state index in [1.165, 1.54) is 22.2 Å². The molecule has 0 fully saturated rings. The molecule has 3 heteroatoms. The molecule has 1 rings (SSSR count). The Morgan fingerprint density at radius 2 is 2.29 bits per heavy atom. The van der Waals surface area contributed by atoms with E-state index in [0.717, 1.165) is 19.0 Å². The molecule has 0 saturated carbocycles. The molecule has 0 saturated heterocycles. The summed E-state index contributed by atoms with van der Waals surface area (Å²) in [5, 5.41) is 5.57. The number of hydrogen-bond donors (Lipinski definition) is 1. The maximum atomic E-state index is 3.58. The Labute approximate surface area is 99.0 Å². The van der Waals surface area contributed by atoms with Crippen molar-refractivity contribution in [3.8, 4) is 0 Å². The quantitative estimate of drug-likeness (QED) is 0.835. The molecule has 0 aliphatic rings. The van der Waals surface area contributed by atoms with Crippen molar-refractivity contribution in [3.63, 3.8) is 0 Å². The van der Waals surface area contributed by atoms with Crippen LogP contribution in [0.2, 0.25) is 0 Å². The second-order valence-corrected chi connectivity index (χ2v) is 5.33. The highest BCUT2D eigenvalue weighted by atomic mass is 79.9. The Bertz CT molecular complexity index is 260. The normalized spacial score (nSPS) is 13.1. The molecule has 0 aromatic carbocycles. The van der Waals surface area contributed by atoms with Crippen molar-refractivity contribution in [1.29, 1.82) is 0 Å². The third kappa shape index (κ3) is 3.71. The van der Waals surface area contributed by atoms with Crippen LogP contribution < -0.4 is 5.32 Å². The van der Waals surface area contributed by atoms with Gasteiger partial charge in [-0.25, -0.2) is 0 Å². The van der Waals surface area contributed by atoms with Crippen LogP contribution in [-0.4, -0.2) is 13.1 Å². The van der Waals surface area contributed by atoms with Gasteiger partial charge in [0.15, 0.2) is 0 Å². The summed E-state index contributed by atoms with van der Waals surface area (Å²) in [5.41, 5.74) is 0. The molecule has 1 unspecified atom stereocenters. The van der Waals surface area contributed by atoms with Crippen LogP contribution in [0, 0.1) is 5.92 Å². The smallest absolute Gasteiger partial charge is 0.0314 e. The maximum absolute atomic E-state index is 3.58. The fourth-order valence-corrected chi connectivity index (χ4v) is 3.07. The van der Waals surface area contributed by atoms with Gasteiger partial charge in [0.1, 0.15) is 0 Å². The van der Waals surface area contributed by atoms with Gasteiger partial charge in [-0.15, -0.1) is 11.3 Å². The van der Waals surface area contributed by atoms with Crippen LogP contribution >= 0.6 is 27.3 Å². The van der Waals surface area contributed by atoms with Gasteiger partial charge in [0.25, 0.3) is 0 Å². The first-order chi connectivity index (χ1) is 6.77. The molecule has 1 aromatic heterocycles. The molecule has 14 heavy (non-hydrogen) atoms. The molecule has 1 atom stereocenters. The highest BCUT2D eigenvalue weighted by Crippen LogP contribution is 2.26. The minimum Gasteiger partial charge on any atom is -0.317 e. The van der Waals surface area contributed by atoms with Crippen molar-refractivity contribution in [2.24, 2.45) is 5.92 Å². The summed E-state index contributed by atoms with van der Waals surface area (Å²) in [6, 6.07) is 2.14. The first kappa shape index (κ1) is 12.2. The molecule has 1 aromatic rings. The molecule has 0 aliphatic carbocycles. The lowest BCUT2D eigenvalue weighted by Crippen LogP contribution is -2.23. The summed E-state index contributed by atoms with van der Waals surface area (Å²) in [4.78, 5) is 1.48. The van der Waals surface area contributed by atoms with Crippen molar-refractivity contribution >= 4 is 27.3 Å². The number of nitrogens with one attached hydrogen (secondary N) is 1. The summed E-state index contributed by atoms with van der Waals surface area (Å²) >= 11 is 5.43. The summed E-state index contributed by atoms with van der Waals surface area (Å²) < 4.78 is 1.28. The van der Waals surface area contributed by atoms with Crippen LogP contribution in [0.5, 0.6) is 0 Å². The predicted molar refractivity (Wildman–Crippen MR) is 68.0 cm³/mol. The van der Waals surface area contributed by atoms with E-state index in [1.807, 2.05) is 11.3 Å². The zero-order chi connectivity index (χ0) is 10.4. The van der Waals surface area contributed by atoms with E-state index in [2.05, 4.69) is 46.5 Å². The largest absolute Gasteiger partial charge is 0.317 e. The van der Waals surface area contributed by atoms with Crippen LogP contribution in [0.25, 0.3) is 0 Å². The summed E-state index contributed by atoms with van der Waals surface area (Å²) in [6.45, 7) is 6.64. The first-order valence-corrected chi connectivity index (χ1v) is 6.87. The standard InChI is InChI=1S/C11H18BrNS/c1-3-9(8-13-4-2)7-11-10(12)5-6-14-11/h5-6,9,13H,3-4,7-8H2,1-2H3. The van der Waals surface area contributed by atoms with Crippen LogP contribution in [-0.2, 0) is 6.42 Å². The van der Waals surface area contributed by atoms with Crippen LogP contribution in [0.3, 0.4) is 0 Å². The minimum absolute atomic E-state index is 0.768. The second-order valence-electron chi connectivity index (χ2n) is 3.48. The average molecular weight is 276 g/mol. The Kier molecular flexibility index (Phi) is 5.75. The van der Waals surface area contributed by atoms with Crippen molar-refractivity contribution in [2.45, 2.75) is 26.7 Å². The zero-order valence-corrected chi connectivity index (χ0v) is 11.2. The summed E-state index contributed by atoms with van der Waals surface area (Å²) in [6.07, 6.45) is 2.44. The molecule has 1 N–H and O–H groups in total. The first-order valence-electron chi connectivity index (χ1n) is 5.20. The lowest BCUT2D eigenvalue weighted by Gasteiger charge is -2.14. The van der Waals surface area contributed by atoms with Crippen molar-refractivity contribution in [1.82, 2.24) is 5.32 Å². The van der Waals surface area contributed by atoms with Gasteiger partial charge in [-0.05, 0) is 52.8 Å². The number of rotatable bonds is 6. The molecule has 0 aliphatic heterocycles. The monoisotopic (exact) mass is 275 g/mol. The van der Waals surface area contributed by atoms with Crippen molar-refractivity contribution < 1.29 is 0 Å². The van der Waals surface area contributed by atoms with E-state index < -0.39 is 0 Å². The fraction of sp³-hybridized carbons (Fsp3) is 0.636. The molecule has 0 radical (unpaired) electrons. The second kappa shape index (κ2) is 6.59. The van der Waals surface area contributed by atoms with Crippen LogP contribution in [0.4, 0.5) is 0 Å². The Balaban J connectivity index is 2.44. The number of thiophene rings is 1. The van der Waals surface area contributed by atoms with Gasteiger partial charge in [0.2, 0.25) is 0 Å². The topological polar surface area (TPSA) is 12.0 Å². The Morgan fingerprint density at radius 3 is 2.79 bits per heavy atom. The molecule has 80 valence electrons. The van der Waals surface area contributed by atoms with E-state index in [-0.39, 0.29) is 0 Å². The minimum atomic E-state index is 0.768. The fourth-order valence-electron chi connectivity index (χ4n) is 1.44. The van der Waals surface area contributed by atoms with E-state index in [0.29, 0.717) is 0 Å². The highest BCUT2D eigenvalue weighted by Gasteiger charge is 2.09. The van der Waals surface area contributed by atoms with Gasteiger partial charge in [-0.1, -0.05) is 20.3 Å². The third-order valence-corrected chi connectivity index (χ3v) is 4.37. The molecule has 0 amide bonds. The van der Waals surface area contributed by atoms with Gasteiger partial charge in [0, 0.05) is 9.35 Å². The van der Waals surface area contributed by atoms with E-state index in [4.69, 9.17) is 0 Å². The van der Waals surface area contributed by atoms with E-state index in [1.54, 1.807) is 0 Å². The Hall–Kier alpha value is 0.140. The van der Waals surface area contributed by atoms with Gasteiger partial charge in [-0.2, -0.15) is 0 Å². The summed E-state index contributed by atoms with van der Waals surface area (Å²) in [7, 11) is 0. The SMILES string of the molecule is CCNCC(CC)Cc1sccc1Br. The number of hydrogen-bond acceptors (Lipinski definition) is 2. The molecular weight excluding hydrogens is 258 g/mol. The molecule has 1 heterocycles. The molecule has 1 nitrogen and oxygen atoms in total. The van der Waals surface area contributed by atoms with Gasteiger partial charge in [0.05, 0.1) is 0 Å². The Morgan fingerprint density at radius 1 is 1.50 bits per heavy atom. The molecular formula is C11H18BrNS. The lowest BCUT2D eigenvalue weighted by atomic mass is 10.0. The van der Waals surface area contributed by atoms with Crippen molar-refractivity contribution in [2.75, 3.05) is 13.1 Å². The van der Waals surface area contributed by atoms with E-state index >= 15 is 0 Å². The van der Waals surface area contributed by atoms with Gasteiger partial charge in [-0.3, -0.25) is 0 Å². The molecule has 0 spiro atoms. The zero-order valence-electron chi connectivity index (χ0n) is 8.85. The average Bonchev–Trinajstić information content (AvgIpc) is 2.59. The van der Waals surface area contributed by atoms with Crippen LogP contribution in [0.1, 0.15) is 25.1 Å². The third-order valence-electron chi connectivity index (χ3n) is 2.43. The lowest BCUT2D eigenvalue weighted by molar-refractivity contribution is 0.469. The summed E-state index contributed by atoms with van der Waals surface area (Å²) in [5.74, 6) is 0.768. The molecule has 0 bridgehead atoms. The van der Waals surface area contributed by atoms with Gasteiger partial charge >= 0.3 is 0 Å². The number of halogens is 1. The predicted octanol–water partition coefficient (Wildman–Crippen LogP) is 3.69. The van der Waals surface area contributed by atoms with Crippen LogP contribution in [0.15, 0.2) is 15.9 Å². The maximum Gasteiger partial charge on any atom is 0.0314 e. The highest BCUT2D eigenvalue weighted by molar-refractivity contribution is 9.10. The van der Waals surface area contributed by atoms with Crippen molar-refractivity contribution in [3.05, 3.63) is 20.8 Å². The van der Waals surface area contributed by atoms with Gasteiger partial charge < -0.3 is 5.32 Å². The van der Waals surface area contributed by atoms with E-state index in [9.17, 15) is 0 Å².